The first-order chi connectivity index (χ1) is 18.9. The van der Waals surface area contributed by atoms with Crippen molar-refractivity contribution in [2.24, 2.45) is 21.9 Å². The predicted molar refractivity (Wildman–Crippen MR) is 159 cm³/mol. The van der Waals surface area contributed by atoms with E-state index in [4.69, 9.17) is 32.5 Å². The number of nitrogens with one attached hydrogen (secondary N) is 1. The number of halogens is 2. The van der Waals surface area contributed by atoms with Crippen LogP contribution in [0.3, 0.4) is 0 Å². The minimum atomic E-state index is -0.455. The van der Waals surface area contributed by atoms with Crippen LogP contribution in [0.1, 0.15) is 39.2 Å². The minimum Gasteiger partial charge on any atom is -0.493 e. The number of amidine groups is 1. The number of nitrogens with two attached hydrogens (primary N) is 2. The van der Waals surface area contributed by atoms with Gasteiger partial charge in [-0.05, 0) is 55.7 Å². The minimum absolute atomic E-state index is 0.0532. The third-order valence-electron chi connectivity index (χ3n) is 8.39. The quantitative estimate of drug-likeness (QED) is 0.183. The zero-order chi connectivity index (χ0) is 28.8. The predicted octanol–water partition coefficient (Wildman–Crippen LogP) is 6.17. The lowest BCUT2D eigenvalue weighted by atomic mass is 9.75. The summed E-state index contributed by atoms with van der Waals surface area (Å²) in [5.41, 5.74) is 16.9. The molecule has 0 saturated heterocycles. The first-order valence-electron chi connectivity index (χ1n) is 13.0. The molecule has 0 aliphatic heterocycles. The van der Waals surface area contributed by atoms with Crippen molar-refractivity contribution in [2.75, 3.05) is 19.5 Å². The molecule has 1 aliphatic rings. The van der Waals surface area contributed by atoms with E-state index in [1.165, 1.54) is 18.2 Å². The van der Waals surface area contributed by atoms with Gasteiger partial charge in [-0.2, -0.15) is 5.10 Å². The molecule has 0 radical (unpaired) electrons. The molecule has 2 aromatic heterocycles. The van der Waals surface area contributed by atoms with Gasteiger partial charge in [0.1, 0.15) is 11.7 Å². The second-order valence-electron chi connectivity index (χ2n) is 11.0. The molecule has 0 spiro atoms. The van der Waals surface area contributed by atoms with E-state index >= 15 is 0 Å². The lowest BCUT2D eigenvalue weighted by Crippen LogP contribution is -2.51. The summed E-state index contributed by atoms with van der Waals surface area (Å²) in [5.74, 6) is 0.973. The number of aliphatic imine (C=N–C) groups is 1. The van der Waals surface area contributed by atoms with Gasteiger partial charge in [-0.3, -0.25) is 0 Å². The van der Waals surface area contributed by atoms with E-state index in [9.17, 15) is 4.39 Å². The third-order valence-corrected chi connectivity index (χ3v) is 8.71. The molecule has 1 fully saturated rings. The molecule has 4 aromatic rings. The summed E-state index contributed by atoms with van der Waals surface area (Å²) in [4.78, 5) is 4.48. The number of aromatic nitrogens is 2. The van der Waals surface area contributed by atoms with E-state index in [-0.39, 0.29) is 28.5 Å². The molecule has 1 aliphatic carbocycles. The van der Waals surface area contributed by atoms with Crippen molar-refractivity contribution in [1.29, 1.82) is 0 Å². The number of rotatable bonds is 7. The Kier molecular flexibility index (Phi) is 7.14. The molecule has 2 heterocycles. The number of benzene rings is 2. The van der Waals surface area contributed by atoms with Crippen LogP contribution in [0.25, 0.3) is 16.6 Å². The van der Waals surface area contributed by atoms with Crippen LogP contribution < -0.4 is 26.3 Å². The standard InChI is InChI=1S/C30H34ClFN6O2/c1-29(2)26(10-11-30(29,3)34)37-27-20(28(33)36-22-14-19(32)7-8-21(22)31)15-35-38-16-18(12-23(27)38)17-6-9-24(39-4)25(13-17)40-5/h6-9,12-16,26,37H,10-11,34H2,1-5H3,(H2,33,36)/t26-,30+/m1/s1. The Morgan fingerprint density at radius 2 is 1.85 bits per heavy atom. The topological polar surface area (TPSA) is 112 Å². The summed E-state index contributed by atoms with van der Waals surface area (Å²) in [6.07, 6.45) is 5.34. The summed E-state index contributed by atoms with van der Waals surface area (Å²) in [5, 5.41) is 8.67. The van der Waals surface area contributed by atoms with Gasteiger partial charge < -0.3 is 26.3 Å². The van der Waals surface area contributed by atoms with Gasteiger partial charge in [-0.25, -0.2) is 13.9 Å². The van der Waals surface area contributed by atoms with Crippen molar-refractivity contribution in [3.8, 4) is 22.6 Å². The van der Waals surface area contributed by atoms with Crippen LogP contribution in [0, 0.1) is 11.2 Å². The van der Waals surface area contributed by atoms with E-state index in [2.05, 4.69) is 36.2 Å². The molecule has 8 nitrogen and oxygen atoms in total. The van der Waals surface area contributed by atoms with Gasteiger partial charge in [-0.1, -0.05) is 31.5 Å². The lowest BCUT2D eigenvalue weighted by Gasteiger charge is -2.39. The van der Waals surface area contributed by atoms with E-state index in [0.717, 1.165) is 35.2 Å². The third kappa shape index (κ3) is 4.84. The molecule has 0 bridgehead atoms. The monoisotopic (exact) mass is 564 g/mol. The zero-order valence-corrected chi connectivity index (χ0v) is 24.0. The highest BCUT2D eigenvalue weighted by atomic mass is 35.5. The molecule has 5 rings (SSSR count). The molecular weight excluding hydrogens is 531 g/mol. The summed E-state index contributed by atoms with van der Waals surface area (Å²) >= 11 is 6.29. The van der Waals surface area contributed by atoms with Gasteiger partial charge in [0.05, 0.1) is 47.9 Å². The SMILES string of the molecule is COc1ccc(-c2cc3c(N[C@@H]4CC[C@](C)(N)C4(C)C)c(/C(N)=N/c4cc(F)ccc4Cl)cnn3c2)cc1OC. The number of fused-ring (bicyclic) bond motifs is 1. The van der Waals surface area contributed by atoms with Crippen LogP contribution >= 0.6 is 11.6 Å². The molecule has 1 saturated carbocycles. The van der Waals surface area contributed by atoms with Crippen molar-refractivity contribution in [1.82, 2.24) is 9.61 Å². The van der Waals surface area contributed by atoms with Gasteiger partial charge >= 0.3 is 0 Å². The lowest BCUT2D eigenvalue weighted by molar-refractivity contribution is 0.215. The maximum atomic E-state index is 14.0. The number of nitrogens with zero attached hydrogens (tertiary/aromatic N) is 3. The Hall–Kier alpha value is -3.82. The number of anilines is 1. The van der Waals surface area contributed by atoms with Crippen molar-refractivity contribution in [3.05, 3.63) is 71.3 Å². The smallest absolute Gasteiger partial charge is 0.161 e. The first-order valence-corrected chi connectivity index (χ1v) is 13.4. The number of hydrogen-bond donors (Lipinski definition) is 3. The number of hydrogen-bond acceptors (Lipinski definition) is 6. The van der Waals surface area contributed by atoms with E-state index < -0.39 is 5.82 Å². The average Bonchev–Trinajstić information content (AvgIpc) is 3.44. The summed E-state index contributed by atoms with van der Waals surface area (Å²) < 4.78 is 26.7. The summed E-state index contributed by atoms with van der Waals surface area (Å²) in [6.45, 7) is 6.44. The van der Waals surface area contributed by atoms with Gasteiger partial charge in [0, 0.05) is 34.8 Å². The highest BCUT2D eigenvalue weighted by molar-refractivity contribution is 6.33. The van der Waals surface area contributed by atoms with Gasteiger partial charge in [0.25, 0.3) is 0 Å². The molecule has 10 heteroatoms. The average molecular weight is 565 g/mol. The summed E-state index contributed by atoms with van der Waals surface area (Å²) in [7, 11) is 3.21. The fraction of sp³-hybridized carbons (Fsp3) is 0.333. The Labute approximate surface area is 238 Å². The fourth-order valence-electron chi connectivity index (χ4n) is 5.29. The van der Waals surface area contributed by atoms with Gasteiger partial charge in [0.2, 0.25) is 0 Å². The summed E-state index contributed by atoms with van der Waals surface area (Å²) in [6, 6.07) is 11.8. The molecule has 5 N–H and O–H groups in total. The second kappa shape index (κ2) is 10.3. The molecule has 2 aromatic carbocycles. The largest absolute Gasteiger partial charge is 0.493 e. The van der Waals surface area contributed by atoms with Crippen molar-refractivity contribution in [2.45, 2.75) is 45.2 Å². The molecule has 0 amide bonds. The molecular formula is C30H34ClFN6O2. The Morgan fingerprint density at radius 1 is 1.10 bits per heavy atom. The molecule has 0 unspecified atom stereocenters. The van der Waals surface area contributed by atoms with Crippen molar-refractivity contribution >= 4 is 34.3 Å². The normalized spacial score (nSPS) is 20.6. The van der Waals surface area contributed by atoms with Gasteiger partial charge in [0.15, 0.2) is 11.5 Å². The van der Waals surface area contributed by atoms with E-state index in [0.29, 0.717) is 22.1 Å². The van der Waals surface area contributed by atoms with E-state index in [1.54, 1.807) is 24.9 Å². The molecule has 2 atom stereocenters. The Morgan fingerprint density at radius 3 is 2.52 bits per heavy atom. The highest BCUT2D eigenvalue weighted by Gasteiger charge is 2.49. The van der Waals surface area contributed by atoms with Crippen LogP contribution in [0.5, 0.6) is 11.5 Å². The van der Waals surface area contributed by atoms with E-state index in [1.807, 2.05) is 30.5 Å². The first kappa shape index (κ1) is 27.7. The highest BCUT2D eigenvalue weighted by Crippen LogP contribution is 2.46. The second-order valence-corrected chi connectivity index (χ2v) is 11.4. The Bertz CT molecular complexity index is 1610. The van der Waals surface area contributed by atoms with Crippen molar-refractivity contribution < 1.29 is 13.9 Å². The zero-order valence-electron chi connectivity index (χ0n) is 23.3. The van der Waals surface area contributed by atoms with Crippen LogP contribution in [0.15, 0.2) is 59.9 Å². The maximum absolute atomic E-state index is 14.0. The molecule has 40 heavy (non-hydrogen) atoms. The van der Waals surface area contributed by atoms with Gasteiger partial charge in [-0.15, -0.1) is 0 Å². The van der Waals surface area contributed by atoms with Crippen molar-refractivity contribution in [3.63, 3.8) is 0 Å². The van der Waals surface area contributed by atoms with Crippen LogP contribution in [-0.2, 0) is 0 Å². The molecule has 210 valence electrons. The van der Waals surface area contributed by atoms with Crippen LogP contribution in [0.4, 0.5) is 15.8 Å². The fourth-order valence-corrected chi connectivity index (χ4v) is 5.45. The van der Waals surface area contributed by atoms with Crippen LogP contribution in [-0.4, -0.2) is 41.3 Å². The van der Waals surface area contributed by atoms with Crippen LogP contribution in [0.2, 0.25) is 5.02 Å². The number of methoxy groups -OCH3 is 2. The number of ether oxygens (including phenoxy) is 2. The Balaban J connectivity index is 1.66. The maximum Gasteiger partial charge on any atom is 0.161 e.